The van der Waals surface area contributed by atoms with Gasteiger partial charge in [0.1, 0.15) is 0 Å². The van der Waals surface area contributed by atoms with Gasteiger partial charge in [-0.25, -0.2) is 0 Å². The molecule has 152 valence electrons. The number of hydrogen-bond donors (Lipinski definition) is 1. The van der Waals surface area contributed by atoms with E-state index in [1.54, 1.807) is 14.2 Å². The number of aromatic amines is 1. The number of aryl methyl sites for hydroxylation is 1. The van der Waals surface area contributed by atoms with Crippen molar-refractivity contribution in [3.8, 4) is 11.5 Å². The van der Waals surface area contributed by atoms with Gasteiger partial charge in [0.25, 0.3) is 0 Å². The van der Waals surface area contributed by atoms with Crippen molar-refractivity contribution in [1.29, 1.82) is 0 Å². The van der Waals surface area contributed by atoms with Crippen molar-refractivity contribution in [3.05, 3.63) is 65.9 Å². The average Bonchev–Trinajstić information content (AvgIpc) is 3.18. The zero-order valence-electron chi connectivity index (χ0n) is 17.4. The van der Waals surface area contributed by atoms with Crippen LogP contribution in [-0.2, 0) is 6.42 Å². The fraction of sp³-hybridized carbons (Fsp3) is 0.360. The average molecular weight is 391 g/mol. The minimum absolute atomic E-state index is 0.765. The molecule has 0 fully saturated rings. The van der Waals surface area contributed by atoms with Crippen molar-refractivity contribution < 1.29 is 9.47 Å². The first kappa shape index (κ1) is 19.6. The van der Waals surface area contributed by atoms with E-state index in [0.717, 1.165) is 49.5 Å². The Morgan fingerprint density at radius 2 is 1.79 bits per heavy atom. The van der Waals surface area contributed by atoms with Gasteiger partial charge in [0.15, 0.2) is 11.5 Å². The number of ether oxygens (including phenoxy) is 2. The Kier molecular flexibility index (Phi) is 6.20. The normalized spacial score (nSPS) is 14.8. The lowest BCUT2D eigenvalue weighted by molar-refractivity contribution is 0.295. The summed E-state index contributed by atoms with van der Waals surface area (Å²) in [6, 6.07) is 14.9. The van der Waals surface area contributed by atoms with Gasteiger partial charge in [0.2, 0.25) is 0 Å². The van der Waals surface area contributed by atoms with Crippen LogP contribution >= 0.6 is 0 Å². The molecule has 0 radical (unpaired) electrons. The smallest absolute Gasteiger partial charge is 0.162 e. The number of H-pyrrole nitrogens is 1. The molecule has 1 aliphatic rings. The molecular formula is C25H30N2O2. The van der Waals surface area contributed by atoms with Crippen LogP contribution in [0.15, 0.2) is 54.7 Å². The number of methoxy groups -OCH3 is 2. The summed E-state index contributed by atoms with van der Waals surface area (Å²) in [5.41, 5.74) is 5.32. The number of benzene rings is 2. The fourth-order valence-corrected chi connectivity index (χ4v) is 4.19. The highest BCUT2D eigenvalue weighted by Gasteiger charge is 2.13. The summed E-state index contributed by atoms with van der Waals surface area (Å²) >= 11 is 0. The Hall–Kier alpha value is -2.72. The number of hydrogen-bond acceptors (Lipinski definition) is 3. The molecule has 0 spiro atoms. The van der Waals surface area contributed by atoms with Gasteiger partial charge in [-0.05, 0) is 55.0 Å². The Balaban J connectivity index is 1.29. The molecule has 4 rings (SSSR count). The van der Waals surface area contributed by atoms with Crippen LogP contribution in [0.1, 0.15) is 30.4 Å². The molecule has 3 aromatic rings. The lowest BCUT2D eigenvalue weighted by Crippen LogP contribution is -2.29. The summed E-state index contributed by atoms with van der Waals surface area (Å²) in [5.74, 6) is 1.55. The Morgan fingerprint density at radius 1 is 1.00 bits per heavy atom. The molecule has 0 saturated carbocycles. The van der Waals surface area contributed by atoms with E-state index in [0.29, 0.717) is 0 Å². The molecule has 0 amide bonds. The van der Waals surface area contributed by atoms with Gasteiger partial charge in [-0.15, -0.1) is 0 Å². The van der Waals surface area contributed by atoms with Crippen molar-refractivity contribution in [1.82, 2.24) is 9.88 Å². The van der Waals surface area contributed by atoms with Crippen LogP contribution in [0.2, 0.25) is 0 Å². The number of fused-ring (bicyclic) bond motifs is 1. The quantitative estimate of drug-likeness (QED) is 0.531. The zero-order chi connectivity index (χ0) is 20.1. The van der Waals surface area contributed by atoms with Gasteiger partial charge in [0, 0.05) is 36.3 Å². The molecule has 0 unspecified atom stereocenters. The Morgan fingerprint density at radius 3 is 2.52 bits per heavy atom. The van der Waals surface area contributed by atoms with Gasteiger partial charge in [-0.3, -0.25) is 4.90 Å². The molecule has 2 aromatic carbocycles. The number of rotatable bonds is 8. The largest absolute Gasteiger partial charge is 0.493 e. The zero-order valence-corrected chi connectivity index (χ0v) is 17.4. The number of nitrogens with zero attached hydrogens (tertiary/aromatic N) is 1. The van der Waals surface area contributed by atoms with Crippen molar-refractivity contribution >= 4 is 16.5 Å². The van der Waals surface area contributed by atoms with Crippen molar-refractivity contribution in [2.75, 3.05) is 33.9 Å². The van der Waals surface area contributed by atoms with Gasteiger partial charge in [0.05, 0.1) is 14.2 Å². The SMILES string of the molecule is COc1cc2[nH]cc(CCCCN3CC=C(c4ccccc4)CC3)c2cc1OC. The molecule has 0 saturated heterocycles. The van der Waals surface area contributed by atoms with E-state index < -0.39 is 0 Å². The summed E-state index contributed by atoms with van der Waals surface area (Å²) in [5, 5.41) is 1.23. The maximum absolute atomic E-state index is 5.46. The van der Waals surface area contributed by atoms with Crippen LogP contribution in [0.25, 0.3) is 16.5 Å². The standard InChI is InChI=1S/C25H30N2O2/c1-28-24-16-22-21(18-26-23(22)17-25(24)29-2)10-6-7-13-27-14-11-20(12-15-27)19-8-4-3-5-9-19/h3-5,8-9,11,16-18,26H,6-7,10,12-15H2,1-2H3. The molecule has 1 N–H and O–H groups in total. The minimum Gasteiger partial charge on any atom is -0.493 e. The number of aromatic nitrogens is 1. The monoisotopic (exact) mass is 390 g/mol. The molecule has 1 aliphatic heterocycles. The first-order valence-corrected chi connectivity index (χ1v) is 10.5. The fourth-order valence-electron chi connectivity index (χ4n) is 4.19. The number of unbranched alkanes of at least 4 members (excludes halogenated alkanes) is 1. The molecule has 0 atom stereocenters. The molecule has 0 bridgehead atoms. The van der Waals surface area contributed by atoms with Crippen LogP contribution in [-0.4, -0.2) is 43.7 Å². The highest BCUT2D eigenvalue weighted by atomic mass is 16.5. The van der Waals surface area contributed by atoms with Crippen molar-refractivity contribution in [2.24, 2.45) is 0 Å². The maximum atomic E-state index is 5.46. The second-order valence-electron chi connectivity index (χ2n) is 7.67. The van der Waals surface area contributed by atoms with Gasteiger partial charge in [-0.2, -0.15) is 0 Å². The van der Waals surface area contributed by atoms with E-state index in [1.165, 1.54) is 34.9 Å². The molecule has 0 aliphatic carbocycles. The van der Waals surface area contributed by atoms with E-state index in [4.69, 9.17) is 9.47 Å². The summed E-state index contributed by atoms with van der Waals surface area (Å²) in [7, 11) is 3.36. The molecule has 29 heavy (non-hydrogen) atoms. The molecular weight excluding hydrogens is 360 g/mol. The Bertz CT molecular complexity index is 975. The van der Waals surface area contributed by atoms with Crippen LogP contribution in [0.3, 0.4) is 0 Å². The third kappa shape index (κ3) is 4.48. The van der Waals surface area contributed by atoms with Crippen LogP contribution in [0, 0.1) is 0 Å². The van der Waals surface area contributed by atoms with Crippen LogP contribution in [0.5, 0.6) is 11.5 Å². The van der Waals surface area contributed by atoms with Gasteiger partial charge in [-0.1, -0.05) is 36.4 Å². The second-order valence-corrected chi connectivity index (χ2v) is 7.67. The third-order valence-electron chi connectivity index (χ3n) is 5.88. The van der Waals surface area contributed by atoms with E-state index in [9.17, 15) is 0 Å². The predicted octanol–water partition coefficient (Wildman–Crippen LogP) is 5.30. The summed E-state index contributed by atoms with van der Waals surface area (Å²) in [4.78, 5) is 5.94. The third-order valence-corrected chi connectivity index (χ3v) is 5.88. The van der Waals surface area contributed by atoms with Crippen LogP contribution < -0.4 is 9.47 Å². The highest BCUT2D eigenvalue weighted by molar-refractivity contribution is 5.86. The van der Waals surface area contributed by atoms with Crippen molar-refractivity contribution in [3.63, 3.8) is 0 Å². The minimum atomic E-state index is 0.765. The summed E-state index contributed by atoms with van der Waals surface area (Å²) in [6.45, 7) is 3.39. The maximum Gasteiger partial charge on any atom is 0.162 e. The van der Waals surface area contributed by atoms with E-state index in [1.807, 2.05) is 6.07 Å². The summed E-state index contributed by atoms with van der Waals surface area (Å²) < 4.78 is 10.9. The van der Waals surface area contributed by atoms with Gasteiger partial charge >= 0.3 is 0 Å². The second kappa shape index (κ2) is 9.19. The van der Waals surface area contributed by atoms with E-state index in [-0.39, 0.29) is 0 Å². The molecule has 2 heterocycles. The first-order chi connectivity index (χ1) is 14.3. The predicted molar refractivity (Wildman–Crippen MR) is 120 cm³/mol. The first-order valence-electron chi connectivity index (χ1n) is 10.5. The lowest BCUT2D eigenvalue weighted by Gasteiger charge is -2.26. The summed E-state index contributed by atoms with van der Waals surface area (Å²) in [6.07, 6.45) is 9.15. The van der Waals surface area contributed by atoms with E-state index >= 15 is 0 Å². The van der Waals surface area contributed by atoms with Crippen molar-refractivity contribution in [2.45, 2.75) is 25.7 Å². The number of nitrogens with one attached hydrogen (secondary N) is 1. The highest BCUT2D eigenvalue weighted by Crippen LogP contribution is 2.33. The Labute approximate surface area is 173 Å². The van der Waals surface area contributed by atoms with Crippen LogP contribution in [0.4, 0.5) is 0 Å². The van der Waals surface area contributed by atoms with Gasteiger partial charge < -0.3 is 14.5 Å². The topological polar surface area (TPSA) is 37.5 Å². The van der Waals surface area contributed by atoms with E-state index in [2.05, 4.69) is 58.6 Å². The molecule has 1 aromatic heterocycles. The molecule has 4 heteroatoms. The molecule has 4 nitrogen and oxygen atoms in total. The lowest BCUT2D eigenvalue weighted by atomic mass is 9.99.